The second kappa shape index (κ2) is 4.89. The molecule has 1 atom stereocenters. The largest absolute Gasteiger partial charge is 0.369 e. The topological polar surface area (TPSA) is 78.0 Å². The van der Waals surface area contributed by atoms with Crippen molar-refractivity contribution in [3.05, 3.63) is 21.5 Å². The highest BCUT2D eigenvalue weighted by Crippen LogP contribution is 2.26. The average Bonchev–Trinajstić information content (AvgIpc) is 2.52. The van der Waals surface area contributed by atoms with Crippen molar-refractivity contribution in [3.63, 3.8) is 0 Å². The molecule has 0 aliphatic carbocycles. The van der Waals surface area contributed by atoms with E-state index in [1.54, 1.807) is 17.6 Å². The number of nitrogens with zero attached hydrogens (tertiary/aromatic N) is 2. The number of imidazole rings is 1. The molecule has 1 unspecified atom stereocenters. The van der Waals surface area contributed by atoms with Crippen LogP contribution in [0.15, 0.2) is 12.1 Å². The molecule has 2 N–H and O–H groups in total. The van der Waals surface area contributed by atoms with Gasteiger partial charge in [0.15, 0.2) is 0 Å². The lowest BCUT2D eigenvalue weighted by atomic mass is 10.3. The van der Waals surface area contributed by atoms with Crippen LogP contribution in [0.25, 0.3) is 11.0 Å². The molecule has 1 aromatic carbocycles. The zero-order valence-electron chi connectivity index (χ0n) is 10.4. The van der Waals surface area contributed by atoms with Crippen molar-refractivity contribution in [2.24, 2.45) is 0 Å². The molecule has 19 heavy (non-hydrogen) atoms. The van der Waals surface area contributed by atoms with Crippen molar-refractivity contribution in [1.82, 2.24) is 9.55 Å². The van der Waals surface area contributed by atoms with E-state index in [9.17, 15) is 12.8 Å². The van der Waals surface area contributed by atoms with E-state index in [1.807, 2.05) is 22.6 Å². The molecule has 0 spiro atoms. The zero-order chi connectivity index (χ0) is 14.4. The number of anilines is 1. The van der Waals surface area contributed by atoms with E-state index in [1.165, 1.54) is 6.07 Å². The first kappa shape index (κ1) is 14.5. The Morgan fingerprint density at radius 3 is 2.74 bits per heavy atom. The minimum atomic E-state index is -3.15. The van der Waals surface area contributed by atoms with E-state index in [2.05, 4.69) is 4.98 Å². The van der Waals surface area contributed by atoms with Crippen molar-refractivity contribution in [2.45, 2.75) is 13.0 Å². The minimum absolute atomic E-state index is 0.0731. The van der Waals surface area contributed by atoms with Crippen LogP contribution in [-0.4, -0.2) is 30.0 Å². The maximum Gasteiger partial charge on any atom is 0.201 e. The number of nitrogen functional groups attached to an aromatic ring is 1. The van der Waals surface area contributed by atoms with Gasteiger partial charge in [-0.2, -0.15) is 0 Å². The number of aromatic nitrogens is 2. The SMILES string of the molecule is CC(CS(C)(=O)=O)n1c(N)nc2cc(I)c(F)cc21. The molecule has 8 heteroatoms. The third-order valence-corrected chi connectivity index (χ3v) is 4.66. The second-order valence-corrected chi connectivity index (χ2v) is 7.88. The quantitative estimate of drug-likeness (QED) is 0.804. The van der Waals surface area contributed by atoms with E-state index in [4.69, 9.17) is 5.73 Å². The third kappa shape index (κ3) is 2.99. The zero-order valence-corrected chi connectivity index (χ0v) is 13.4. The molecular formula is C11H13FIN3O2S. The van der Waals surface area contributed by atoms with Gasteiger partial charge in [-0.05, 0) is 35.6 Å². The molecule has 0 saturated heterocycles. The molecule has 0 aliphatic rings. The fourth-order valence-corrected chi connectivity index (χ4v) is 3.56. The van der Waals surface area contributed by atoms with Crippen LogP contribution >= 0.6 is 22.6 Å². The van der Waals surface area contributed by atoms with E-state index >= 15 is 0 Å². The van der Waals surface area contributed by atoms with E-state index in [0.29, 0.717) is 14.6 Å². The minimum Gasteiger partial charge on any atom is -0.369 e. The summed E-state index contributed by atoms with van der Waals surface area (Å²) in [4.78, 5) is 4.14. The van der Waals surface area contributed by atoms with Crippen molar-refractivity contribution in [1.29, 1.82) is 0 Å². The van der Waals surface area contributed by atoms with Gasteiger partial charge >= 0.3 is 0 Å². The molecule has 2 rings (SSSR count). The van der Waals surface area contributed by atoms with Crippen LogP contribution < -0.4 is 5.73 Å². The number of nitrogens with two attached hydrogens (primary N) is 1. The number of benzene rings is 1. The van der Waals surface area contributed by atoms with Crippen LogP contribution in [0.3, 0.4) is 0 Å². The maximum atomic E-state index is 13.6. The number of hydrogen-bond acceptors (Lipinski definition) is 4. The standard InChI is InChI=1S/C11H13FIN3O2S/c1-6(5-19(2,17)18)16-10-3-7(12)8(13)4-9(10)15-11(16)14/h3-4,6H,5H2,1-2H3,(H2,14,15). The van der Waals surface area contributed by atoms with Crippen molar-refractivity contribution >= 4 is 49.4 Å². The summed E-state index contributed by atoms with van der Waals surface area (Å²) in [5.41, 5.74) is 6.87. The van der Waals surface area contributed by atoms with Gasteiger partial charge in [-0.25, -0.2) is 17.8 Å². The number of halogens is 2. The summed E-state index contributed by atoms with van der Waals surface area (Å²) < 4.78 is 38.3. The van der Waals surface area contributed by atoms with Gasteiger partial charge in [-0.15, -0.1) is 0 Å². The first-order chi connectivity index (χ1) is 8.69. The first-order valence-electron chi connectivity index (χ1n) is 5.49. The molecule has 0 aliphatic heterocycles. The summed E-state index contributed by atoms with van der Waals surface area (Å²) in [6.07, 6.45) is 1.16. The Bertz CT molecular complexity index is 742. The van der Waals surface area contributed by atoms with Crippen LogP contribution in [0.2, 0.25) is 0 Å². The molecule has 0 radical (unpaired) electrons. The van der Waals surface area contributed by atoms with Gasteiger partial charge in [0.25, 0.3) is 0 Å². The molecule has 1 heterocycles. The molecule has 1 aromatic heterocycles. The summed E-state index contributed by atoms with van der Waals surface area (Å²) in [7, 11) is -3.15. The van der Waals surface area contributed by atoms with Gasteiger partial charge in [0, 0.05) is 18.4 Å². The number of rotatable bonds is 3. The molecule has 2 aromatic rings. The van der Waals surface area contributed by atoms with Crippen molar-refractivity contribution < 1.29 is 12.8 Å². The summed E-state index contributed by atoms with van der Waals surface area (Å²) in [6, 6.07) is 2.52. The number of hydrogen-bond donors (Lipinski definition) is 1. The van der Waals surface area contributed by atoms with Crippen LogP contribution in [0, 0.1) is 9.39 Å². The smallest absolute Gasteiger partial charge is 0.201 e. The lowest BCUT2D eigenvalue weighted by Crippen LogP contribution is -2.18. The molecule has 104 valence electrons. The number of sulfone groups is 1. The van der Waals surface area contributed by atoms with E-state index in [0.717, 1.165) is 6.26 Å². The first-order valence-corrected chi connectivity index (χ1v) is 8.63. The Morgan fingerprint density at radius 2 is 2.16 bits per heavy atom. The monoisotopic (exact) mass is 397 g/mol. The fraction of sp³-hybridized carbons (Fsp3) is 0.364. The Hall–Kier alpha value is -0.900. The predicted octanol–water partition coefficient (Wildman–Crippen LogP) is 1.97. The second-order valence-electron chi connectivity index (χ2n) is 4.54. The molecule has 0 amide bonds. The van der Waals surface area contributed by atoms with Gasteiger partial charge < -0.3 is 10.3 Å². The molecular weight excluding hydrogens is 384 g/mol. The summed E-state index contributed by atoms with van der Waals surface area (Å²) in [5.74, 6) is -0.260. The summed E-state index contributed by atoms with van der Waals surface area (Å²) in [5, 5.41) is 0. The van der Waals surface area contributed by atoms with Crippen LogP contribution in [0.5, 0.6) is 0 Å². The Labute approximate surface area is 124 Å². The Balaban J connectivity index is 2.60. The van der Waals surface area contributed by atoms with Crippen LogP contribution in [-0.2, 0) is 9.84 Å². The van der Waals surface area contributed by atoms with Gasteiger partial charge in [-0.3, -0.25) is 0 Å². The Kier molecular flexibility index (Phi) is 3.74. The summed E-state index contributed by atoms with van der Waals surface area (Å²) >= 11 is 1.87. The maximum absolute atomic E-state index is 13.6. The van der Waals surface area contributed by atoms with Crippen LogP contribution in [0.1, 0.15) is 13.0 Å². The van der Waals surface area contributed by atoms with E-state index in [-0.39, 0.29) is 17.5 Å². The highest BCUT2D eigenvalue weighted by atomic mass is 127. The molecule has 0 saturated carbocycles. The predicted molar refractivity (Wildman–Crippen MR) is 81.2 cm³/mol. The fourth-order valence-electron chi connectivity index (χ4n) is 2.08. The average molecular weight is 397 g/mol. The highest BCUT2D eigenvalue weighted by molar-refractivity contribution is 14.1. The van der Waals surface area contributed by atoms with Crippen LogP contribution in [0.4, 0.5) is 10.3 Å². The lowest BCUT2D eigenvalue weighted by Gasteiger charge is -2.14. The van der Waals surface area contributed by atoms with Gasteiger partial charge in [0.1, 0.15) is 15.7 Å². The lowest BCUT2D eigenvalue weighted by molar-refractivity contribution is 0.571. The summed E-state index contributed by atoms with van der Waals surface area (Å²) in [6.45, 7) is 1.72. The van der Waals surface area contributed by atoms with Crippen molar-refractivity contribution in [3.8, 4) is 0 Å². The van der Waals surface area contributed by atoms with Crippen molar-refractivity contribution in [2.75, 3.05) is 17.7 Å². The number of fused-ring (bicyclic) bond motifs is 1. The van der Waals surface area contributed by atoms with Gasteiger partial charge in [0.05, 0.1) is 20.4 Å². The van der Waals surface area contributed by atoms with E-state index < -0.39 is 15.9 Å². The molecule has 0 fully saturated rings. The van der Waals surface area contributed by atoms with Gasteiger partial charge in [-0.1, -0.05) is 0 Å². The Morgan fingerprint density at radius 1 is 1.53 bits per heavy atom. The molecule has 5 nitrogen and oxygen atoms in total. The molecule has 0 bridgehead atoms. The van der Waals surface area contributed by atoms with Gasteiger partial charge in [0.2, 0.25) is 5.95 Å². The highest BCUT2D eigenvalue weighted by Gasteiger charge is 2.19. The normalized spacial score (nSPS) is 13.9. The third-order valence-electron chi connectivity index (χ3n) is 2.74.